The van der Waals surface area contributed by atoms with Gasteiger partial charge in [-0.05, 0) is 23.6 Å². The molecule has 6 heteroatoms. The number of hydrogen-bond donors (Lipinski definition) is 1. The molecule has 0 fully saturated rings. The second-order valence-electron chi connectivity index (χ2n) is 5.23. The Labute approximate surface area is 106 Å². The molecule has 0 spiro atoms. The molecule has 0 radical (unpaired) electrons. The first-order valence-electron chi connectivity index (χ1n) is 5.33. The minimum absolute atomic E-state index is 0.0563. The van der Waals surface area contributed by atoms with Crippen molar-refractivity contribution in [2.45, 2.75) is 20.8 Å². The zero-order chi connectivity index (χ0) is 14.0. The van der Waals surface area contributed by atoms with Crippen LogP contribution in [0.4, 0.5) is 10.1 Å². The van der Waals surface area contributed by atoms with Crippen molar-refractivity contribution >= 4 is 15.7 Å². The highest BCUT2D eigenvalue weighted by atomic mass is 32.2. The molecule has 1 rings (SSSR count). The lowest BCUT2D eigenvalue weighted by molar-refractivity contribution is 0.463. The second kappa shape index (κ2) is 4.94. The van der Waals surface area contributed by atoms with Crippen molar-refractivity contribution in [3.05, 3.63) is 29.6 Å². The smallest absolute Gasteiger partial charge is 0.233 e. The molecule has 0 aliphatic rings. The third-order valence-corrected chi connectivity index (χ3v) is 3.78. The van der Waals surface area contributed by atoms with E-state index in [-0.39, 0.29) is 22.4 Å². The molecule has 18 heavy (non-hydrogen) atoms. The lowest BCUT2D eigenvalue weighted by Gasteiger charge is -2.18. The number of nitrogens with one attached hydrogen (secondary N) is 1. The summed E-state index contributed by atoms with van der Waals surface area (Å²) in [5, 5.41) is 8.66. The highest BCUT2D eigenvalue weighted by Gasteiger charge is 2.21. The van der Waals surface area contributed by atoms with Crippen LogP contribution in [0.3, 0.4) is 0 Å². The molecule has 98 valence electrons. The first-order valence-corrected chi connectivity index (χ1v) is 6.98. The van der Waals surface area contributed by atoms with Crippen molar-refractivity contribution < 1.29 is 12.8 Å². The monoisotopic (exact) mass is 270 g/mol. The third-order valence-electron chi connectivity index (χ3n) is 1.98. The Morgan fingerprint density at radius 3 is 2.50 bits per heavy atom. The molecule has 0 saturated carbocycles. The van der Waals surface area contributed by atoms with Crippen molar-refractivity contribution in [2.24, 2.45) is 5.41 Å². The van der Waals surface area contributed by atoms with Crippen molar-refractivity contribution in [2.75, 3.05) is 10.5 Å². The normalized spacial score (nSPS) is 11.9. The van der Waals surface area contributed by atoms with Crippen LogP contribution in [0.15, 0.2) is 18.2 Å². The van der Waals surface area contributed by atoms with Gasteiger partial charge in [0.2, 0.25) is 10.0 Å². The fourth-order valence-electron chi connectivity index (χ4n) is 1.46. The SMILES string of the molecule is CC(C)(C)CS(=O)(=O)Nc1ccc(F)c(C#N)c1. The van der Waals surface area contributed by atoms with Crippen LogP contribution in [0.1, 0.15) is 26.3 Å². The maximum Gasteiger partial charge on any atom is 0.233 e. The summed E-state index contributed by atoms with van der Waals surface area (Å²) in [7, 11) is -3.51. The summed E-state index contributed by atoms with van der Waals surface area (Å²) in [4.78, 5) is 0. The highest BCUT2D eigenvalue weighted by Crippen LogP contribution is 2.20. The Morgan fingerprint density at radius 1 is 1.39 bits per heavy atom. The fraction of sp³-hybridized carbons (Fsp3) is 0.417. The summed E-state index contributed by atoms with van der Waals surface area (Å²) in [5.74, 6) is -0.726. The topological polar surface area (TPSA) is 70.0 Å². The summed E-state index contributed by atoms with van der Waals surface area (Å²) in [5.41, 5.74) is -0.382. The maximum absolute atomic E-state index is 13.1. The van der Waals surface area contributed by atoms with E-state index in [4.69, 9.17) is 5.26 Å². The molecule has 0 amide bonds. The van der Waals surface area contributed by atoms with E-state index in [1.165, 1.54) is 12.1 Å². The van der Waals surface area contributed by atoms with Gasteiger partial charge in [-0.3, -0.25) is 4.72 Å². The number of anilines is 1. The Morgan fingerprint density at radius 2 is 2.00 bits per heavy atom. The van der Waals surface area contributed by atoms with Crippen LogP contribution in [0.25, 0.3) is 0 Å². The van der Waals surface area contributed by atoms with Crippen LogP contribution in [0, 0.1) is 22.6 Å². The Balaban J connectivity index is 2.96. The molecule has 0 heterocycles. The van der Waals surface area contributed by atoms with Crippen LogP contribution in [0.5, 0.6) is 0 Å². The number of halogens is 1. The van der Waals surface area contributed by atoms with Gasteiger partial charge in [0.1, 0.15) is 11.9 Å². The van der Waals surface area contributed by atoms with E-state index in [1.54, 1.807) is 26.8 Å². The summed E-state index contributed by atoms with van der Waals surface area (Å²) in [6, 6.07) is 5.19. The van der Waals surface area contributed by atoms with Crippen molar-refractivity contribution in [1.82, 2.24) is 0 Å². The molecule has 0 saturated heterocycles. The van der Waals surface area contributed by atoms with Gasteiger partial charge in [-0.1, -0.05) is 20.8 Å². The van der Waals surface area contributed by atoms with E-state index in [2.05, 4.69) is 4.72 Å². The Bertz CT molecular complexity index is 583. The maximum atomic E-state index is 13.1. The number of rotatable bonds is 3. The fourth-order valence-corrected chi connectivity index (χ4v) is 3.16. The van der Waals surface area contributed by atoms with Gasteiger partial charge in [0.25, 0.3) is 0 Å². The number of sulfonamides is 1. The minimum atomic E-state index is -3.51. The lowest BCUT2D eigenvalue weighted by Crippen LogP contribution is -2.26. The Kier molecular flexibility index (Phi) is 3.97. The van der Waals surface area contributed by atoms with E-state index in [0.29, 0.717) is 0 Å². The zero-order valence-corrected chi connectivity index (χ0v) is 11.3. The average Bonchev–Trinajstić information content (AvgIpc) is 2.16. The predicted molar refractivity (Wildman–Crippen MR) is 68.0 cm³/mol. The van der Waals surface area contributed by atoms with E-state index in [9.17, 15) is 12.8 Å². The molecule has 0 bridgehead atoms. The third kappa shape index (κ3) is 4.34. The molecule has 1 N–H and O–H groups in total. The lowest BCUT2D eigenvalue weighted by atomic mass is 10.0. The predicted octanol–water partition coefficient (Wildman–Crippen LogP) is 2.49. The van der Waals surface area contributed by atoms with E-state index >= 15 is 0 Å². The number of benzene rings is 1. The van der Waals surface area contributed by atoms with Crippen LogP contribution in [0.2, 0.25) is 0 Å². The van der Waals surface area contributed by atoms with E-state index < -0.39 is 15.8 Å². The molecular weight excluding hydrogens is 255 g/mol. The summed E-state index contributed by atoms with van der Waals surface area (Å²) in [6.07, 6.45) is 0. The standard InChI is InChI=1S/C12H15FN2O2S/c1-12(2,3)8-18(16,17)15-10-4-5-11(13)9(6-10)7-14/h4-6,15H,8H2,1-3H3. The van der Waals surface area contributed by atoms with Crippen LogP contribution in [-0.2, 0) is 10.0 Å². The zero-order valence-electron chi connectivity index (χ0n) is 10.5. The largest absolute Gasteiger partial charge is 0.283 e. The first-order chi connectivity index (χ1) is 8.13. The highest BCUT2D eigenvalue weighted by molar-refractivity contribution is 7.92. The number of hydrogen-bond acceptors (Lipinski definition) is 3. The minimum Gasteiger partial charge on any atom is -0.283 e. The summed E-state index contributed by atoms with van der Waals surface area (Å²) >= 11 is 0. The van der Waals surface area contributed by atoms with Gasteiger partial charge in [0.15, 0.2) is 0 Å². The van der Waals surface area contributed by atoms with Gasteiger partial charge in [0, 0.05) is 5.69 Å². The molecule has 0 aliphatic heterocycles. The van der Waals surface area contributed by atoms with Crippen molar-refractivity contribution in [1.29, 1.82) is 5.26 Å². The number of nitriles is 1. The van der Waals surface area contributed by atoms with Crippen LogP contribution >= 0.6 is 0 Å². The van der Waals surface area contributed by atoms with Gasteiger partial charge < -0.3 is 0 Å². The van der Waals surface area contributed by atoms with Gasteiger partial charge >= 0.3 is 0 Å². The van der Waals surface area contributed by atoms with Gasteiger partial charge in [0.05, 0.1) is 11.3 Å². The van der Waals surface area contributed by atoms with Crippen molar-refractivity contribution in [3.63, 3.8) is 0 Å². The molecule has 4 nitrogen and oxygen atoms in total. The molecular formula is C12H15FN2O2S. The Hall–Kier alpha value is -1.61. The van der Waals surface area contributed by atoms with Crippen LogP contribution < -0.4 is 4.72 Å². The number of nitrogens with zero attached hydrogens (tertiary/aromatic N) is 1. The molecule has 0 aliphatic carbocycles. The first kappa shape index (κ1) is 14.5. The van der Waals surface area contributed by atoms with Gasteiger partial charge in [-0.25, -0.2) is 12.8 Å². The molecule has 0 aromatic heterocycles. The van der Waals surface area contributed by atoms with Gasteiger partial charge in [-0.15, -0.1) is 0 Å². The summed E-state index contributed by atoms with van der Waals surface area (Å²) < 4.78 is 39.0. The van der Waals surface area contributed by atoms with Crippen molar-refractivity contribution in [3.8, 4) is 6.07 Å². The summed E-state index contributed by atoms with van der Waals surface area (Å²) in [6.45, 7) is 5.41. The molecule has 0 atom stereocenters. The second-order valence-corrected chi connectivity index (χ2v) is 6.95. The van der Waals surface area contributed by atoms with E-state index in [0.717, 1.165) is 6.07 Å². The van der Waals surface area contributed by atoms with Gasteiger partial charge in [-0.2, -0.15) is 5.26 Å². The van der Waals surface area contributed by atoms with Crippen LogP contribution in [-0.4, -0.2) is 14.2 Å². The quantitative estimate of drug-likeness (QED) is 0.917. The molecule has 1 aromatic carbocycles. The average molecular weight is 270 g/mol. The molecule has 1 aromatic rings. The molecule has 0 unspecified atom stereocenters. The van der Waals surface area contributed by atoms with E-state index in [1.807, 2.05) is 0 Å².